The van der Waals surface area contributed by atoms with Crippen LogP contribution in [-0.4, -0.2) is 22.9 Å². The second kappa shape index (κ2) is 8.72. The number of hydrogen-bond acceptors (Lipinski definition) is 3. The minimum absolute atomic E-state index is 0.184. The fourth-order valence-electron chi connectivity index (χ4n) is 3.19. The molecule has 3 nitrogen and oxygen atoms in total. The van der Waals surface area contributed by atoms with Gasteiger partial charge in [0.2, 0.25) is 0 Å². The number of rotatable bonds is 7. The van der Waals surface area contributed by atoms with Crippen molar-refractivity contribution in [2.75, 3.05) is 18.5 Å². The molecular weight excluding hydrogens is 342 g/mol. The van der Waals surface area contributed by atoms with Gasteiger partial charge in [0.25, 0.3) is 0 Å². The van der Waals surface area contributed by atoms with E-state index in [1.54, 1.807) is 12.1 Å². The van der Waals surface area contributed by atoms with Crippen molar-refractivity contribution >= 4 is 16.5 Å². The molecule has 1 unspecified atom stereocenters. The second-order valence-corrected chi connectivity index (χ2v) is 8.74. The van der Waals surface area contributed by atoms with Crippen LogP contribution in [-0.2, 0) is 10.8 Å². The van der Waals surface area contributed by atoms with Gasteiger partial charge in [-0.3, -0.25) is 0 Å². The maximum atomic E-state index is 13.2. The summed E-state index contributed by atoms with van der Waals surface area (Å²) in [6, 6.07) is 9.53. The molecule has 0 fully saturated rings. The van der Waals surface area contributed by atoms with Crippen molar-refractivity contribution < 1.29 is 9.32 Å². The van der Waals surface area contributed by atoms with Gasteiger partial charge in [0, 0.05) is 29.1 Å². The Morgan fingerprint density at radius 1 is 1.12 bits per heavy atom. The fraction of sp³-hybridized carbons (Fsp3) is 0.455. The van der Waals surface area contributed by atoms with Gasteiger partial charge in [-0.05, 0) is 73.2 Å². The molecule has 2 aromatic rings. The minimum atomic E-state index is -1.26. The van der Waals surface area contributed by atoms with Gasteiger partial charge in [0.15, 0.2) is 0 Å². The van der Waals surface area contributed by atoms with E-state index in [1.165, 1.54) is 12.1 Å². The van der Waals surface area contributed by atoms with E-state index in [0.717, 1.165) is 39.4 Å². The summed E-state index contributed by atoms with van der Waals surface area (Å²) in [5.74, 6) is 0.450. The molecule has 142 valence electrons. The molecule has 0 heterocycles. The number of unbranched alkanes of at least 4 members (excludes halogenated alkanes) is 1. The maximum absolute atomic E-state index is 13.2. The average molecular weight is 374 g/mol. The van der Waals surface area contributed by atoms with Crippen LogP contribution in [0.15, 0.2) is 40.1 Å². The highest BCUT2D eigenvalue weighted by atomic mass is 32.2. The zero-order valence-electron chi connectivity index (χ0n) is 16.8. The summed E-state index contributed by atoms with van der Waals surface area (Å²) in [4.78, 5) is 3.87. The molecule has 0 amide bonds. The predicted octanol–water partition coefficient (Wildman–Crippen LogP) is 5.54. The lowest BCUT2D eigenvalue weighted by Gasteiger charge is -2.22. The molecule has 2 aromatic carbocycles. The van der Waals surface area contributed by atoms with Crippen molar-refractivity contribution in [3.8, 4) is 5.75 Å². The largest absolute Gasteiger partial charge is 0.508 e. The summed E-state index contributed by atoms with van der Waals surface area (Å²) >= 11 is 0. The van der Waals surface area contributed by atoms with Gasteiger partial charge in [0.1, 0.15) is 5.75 Å². The molecule has 0 aliphatic rings. The molecule has 0 radical (unpaired) electrons. The van der Waals surface area contributed by atoms with E-state index in [1.807, 2.05) is 33.8 Å². The molecule has 0 saturated carbocycles. The van der Waals surface area contributed by atoms with Crippen LogP contribution in [0.2, 0.25) is 0 Å². The molecule has 0 spiro atoms. The topological polar surface area (TPSA) is 40.5 Å². The van der Waals surface area contributed by atoms with Gasteiger partial charge in [-0.15, -0.1) is 0 Å². The lowest BCUT2D eigenvalue weighted by molar-refractivity contribution is 0.464. The van der Waals surface area contributed by atoms with Crippen LogP contribution >= 0.6 is 0 Å². The van der Waals surface area contributed by atoms with Crippen molar-refractivity contribution in [3.05, 3.63) is 47.0 Å². The van der Waals surface area contributed by atoms with Crippen LogP contribution in [0.1, 0.15) is 56.2 Å². The van der Waals surface area contributed by atoms with Crippen molar-refractivity contribution in [3.63, 3.8) is 0 Å². The smallest absolute Gasteiger partial charge is 0.119 e. The molecule has 0 saturated heterocycles. The highest BCUT2D eigenvalue weighted by molar-refractivity contribution is 7.85. The number of nitrogens with zero attached hydrogens (tertiary/aromatic N) is 1. The van der Waals surface area contributed by atoms with E-state index in [9.17, 15) is 9.32 Å². The number of hydrogen-bond donors (Lipinski definition) is 1. The van der Waals surface area contributed by atoms with Crippen LogP contribution < -0.4 is 4.90 Å². The van der Waals surface area contributed by atoms with E-state index in [4.69, 9.17) is 0 Å². The Morgan fingerprint density at radius 3 is 2.27 bits per heavy atom. The maximum Gasteiger partial charge on any atom is 0.119 e. The lowest BCUT2D eigenvalue weighted by atomic mass is 10.0. The third-order valence-corrected chi connectivity index (χ3v) is 6.45. The molecule has 0 aliphatic heterocycles. The summed E-state index contributed by atoms with van der Waals surface area (Å²) in [6.07, 6.45) is 2.33. The third-order valence-electron chi connectivity index (χ3n) is 4.75. The molecule has 26 heavy (non-hydrogen) atoms. The Hall–Kier alpha value is -1.81. The summed E-state index contributed by atoms with van der Waals surface area (Å²) in [5, 5.41) is 10.0. The Bertz CT molecular complexity index is 776. The Morgan fingerprint density at radius 2 is 1.73 bits per heavy atom. The monoisotopic (exact) mass is 373 g/mol. The fourth-order valence-corrected chi connectivity index (χ4v) is 4.56. The van der Waals surface area contributed by atoms with Crippen molar-refractivity contribution in [1.82, 2.24) is 0 Å². The number of aromatic hydroxyl groups is 1. The first-order chi connectivity index (χ1) is 12.3. The first-order valence-electron chi connectivity index (χ1n) is 9.33. The number of aryl methyl sites for hydroxylation is 2. The summed E-state index contributed by atoms with van der Waals surface area (Å²) in [5.41, 5.74) is 4.09. The highest BCUT2D eigenvalue weighted by Gasteiger charge is 2.17. The lowest BCUT2D eigenvalue weighted by Crippen LogP contribution is -2.18. The predicted molar refractivity (Wildman–Crippen MR) is 111 cm³/mol. The first-order valence-corrected chi connectivity index (χ1v) is 10.5. The van der Waals surface area contributed by atoms with Gasteiger partial charge in [-0.25, -0.2) is 4.21 Å². The quantitative estimate of drug-likeness (QED) is 0.693. The van der Waals surface area contributed by atoms with E-state index in [-0.39, 0.29) is 11.7 Å². The standard InChI is InChI=1S/C22H31NO2S/c1-7-8-11-23(6)18-12-16(4)22(17(5)13-18)26(25)19-9-10-21(24)20(14-19)15(2)3/h9-10,12-15,24H,7-8,11H2,1-6H3. The Balaban J connectivity index is 2.39. The number of phenols is 1. The summed E-state index contributed by atoms with van der Waals surface area (Å²) in [6.45, 7) is 11.3. The van der Waals surface area contributed by atoms with E-state index < -0.39 is 10.8 Å². The highest BCUT2D eigenvalue weighted by Crippen LogP contribution is 2.32. The van der Waals surface area contributed by atoms with Gasteiger partial charge >= 0.3 is 0 Å². The van der Waals surface area contributed by atoms with Crippen LogP contribution in [0.3, 0.4) is 0 Å². The zero-order chi connectivity index (χ0) is 19.4. The molecule has 1 N–H and O–H groups in total. The second-order valence-electron chi connectivity index (χ2n) is 7.33. The van der Waals surface area contributed by atoms with Crippen LogP contribution in [0.25, 0.3) is 0 Å². The molecule has 0 aromatic heterocycles. The first kappa shape index (κ1) is 20.5. The van der Waals surface area contributed by atoms with Gasteiger partial charge in [-0.1, -0.05) is 27.2 Å². The Labute approximate surface area is 160 Å². The van der Waals surface area contributed by atoms with E-state index >= 15 is 0 Å². The molecule has 0 bridgehead atoms. The van der Waals surface area contributed by atoms with Crippen LogP contribution in [0.5, 0.6) is 5.75 Å². The molecular formula is C22H31NO2S. The van der Waals surface area contributed by atoms with Gasteiger partial charge in [-0.2, -0.15) is 0 Å². The normalized spacial score (nSPS) is 12.4. The van der Waals surface area contributed by atoms with Crippen molar-refractivity contribution in [2.24, 2.45) is 0 Å². The summed E-state index contributed by atoms with van der Waals surface area (Å²) in [7, 11) is 0.845. The minimum Gasteiger partial charge on any atom is -0.508 e. The number of phenolic OH excluding ortho intramolecular Hbond substituents is 1. The van der Waals surface area contributed by atoms with E-state index in [0.29, 0.717) is 0 Å². The number of anilines is 1. The average Bonchev–Trinajstić information content (AvgIpc) is 2.58. The molecule has 4 heteroatoms. The summed E-state index contributed by atoms with van der Waals surface area (Å²) < 4.78 is 13.2. The van der Waals surface area contributed by atoms with Crippen molar-refractivity contribution in [2.45, 2.75) is 63.2 Å². The van der Waals surface area contributed by atoms with Gasteiger partial charge in [0.05, 0.1) is 10.8 Å². The molecule has 1 atom stereocenters. The third kappa shape index (κ3) is 4.47. The van der Waals surface area contributed by atoms with Crippen LogP contribution in [0.4, 0.5) is 5.69 Å². The zero-order valence-corrected chi connectivity index (χ0v) is 17.6. The molecule has 0 aliphatic carbocycles. The number of benzene rings is 2. The van der Waals surface area contributed by atoms with E-state index in [2.05, 4.69) is 31.0 Å². The van der Waals surface area contributed by atoms with Crippen LogP contribution in [0, 0.1) is 13.8 Å². The Kier molecular flexibility index (Phi) is 6.87. The SMILES string of the molecule is CCCCN(C)c1cc(C)c(S(=O)c2ccc(O)c(C(C)C)c2)c(C)c1. The van der Waals surface area contributed by atoms with Gasteiger partial charge < -0.3 is 10.0 Å². The molecule has 2 rings (SSSR count). The van der Waals surface area contributed by atoms with Crippen molar-refractivity contribution in [1.29, 1.82) is 0 Å².